The third kappa shape index (κ3) is 3.33. The third-order valence-corrected chi connectivity index (χ3v) is 4.50. The van der Waals surface area contributed by atoms with E-state index in [-0.39, 0.29) is 12.5 Å². The molecular formula is C16H24N6O2. The van der Waals surface area contributed by atoms with Gasteiger partial charge in [0.2, 0.25) is 0 Å². The van der Waals surface area contributed by atoms with Crippen LogP contribution in [0.2, 0.25) is 0 Å². The Labute approximate surface area is 141 Å². The van der Waals surface area contributed by atoms with Crippen LogP contribution in [-0.2, 0) is 13.6 Å². The first-order valence-corrected chi connectivity index (χ1v) is 8.28. The van der Waals surface area contributed by atoms with Crippen molar-refractivity contribution < 1.29 is 9.90 Å². The topological polar surface area (TPSA) is 89.1 Å². The van der Waals surface area contributed by atoms with Crippen LogP contribution in [0.5, 0.6) is 0 Å². The van der Waals surface area contributed by atoms with Crippen molar-refractivity contribution in [3.05, 3.63) is 29.8 Å². The van der Waals surface area contributed by atoms with E-state index in [2.05, 4.69) is 29.3 Å². The molecule has 0 spiro atoms. The number of hydrogen-bond donors (Lipinski definition) is 1. The Morgan fingerprint density at radius 1 is 1.46 bits per heavy atom. The lowest BCUT2D eigenvalue weighted by Crippen LogP contribution is -2.52. The molecule has 8 nitrogen and oxygen atoms in total. The molecule has 0 bridgehead atoms. The number of amides is 1. The fourth-order valence-corrected chi connectivity index (χ4v) is 3.32. The number of aryl methyl sites for hydroxylation is 1. The molecule has 24 heavy (non-hydrogen) atoms. The van der Waals surface area contributed by atoms with Crippen LogP contribution in [0.3, 0.4) is 0 Å². The monoisotopic (exact) mass is 332 g/mol. The van der Waals surface area contributed by atoms with Crippen LogP contribution in [0.4, 0.5) is 0 Å². The number of likely N-dealkylation sites (tertiary alicyclic amines) is 1. The number of aliphatic hydroxyl groups is 1. The van der Waals surface area contributed by atoms with Gasteiger partial charge in [-0.05, 0) is 24.8 Å². The van der Waals surface area contributed by atoms with E-state index in [1.165, 1.54) is 0 Å². The molecule has 0 aromatic carbocycles. The summed E-state index contributed by atoms with van der Waals surface area (Å²) in [5, 5.41) is 22.9. The second kappa shape index (κ2) is 6.35. The Hall–Kier alpha value is -2.22. The molecule has 1 N–H and O–H groups in total. The van der Waals surface area contributed by atoms with Gasteiger partial charge in [0.1, 0.15) is 5.60 Å². The van der Waals surface area contributed by atoms with Crippen LogP contribution >= 0.6 is 0 Å². The molecule has 1 amide bonds. The van der Waals surface area contributed by atoms with E-state index in [4.69, 9.17) is 0 Å². The molecule has 1 aliphatic rings. The first-order valence-electron chi connectivity index (χ1n) is 8.28. The fourth-order valence-electron chi connectivity index (χ4n) is 3.32. The highest BCUT2D eigenvalue weighted by atomic mass is 16.3. The van der Waals surface area contributed by atoms with Gasteiger partial charge in [0, 0.05) is 25.5 Å². The maximum Gasteiger partial charge on any atom is 0.274 e. The van der Waals surface area contributed by atoms with Crippen molar-refractivity contribution in [2.24, 2.45) is 7.05 Å². The third-order valence-electron chi connectivity index (χ3n) is 4.50. The second-order valence-electron chi connectivity index (χ2n) is 6.89. The molecule has 3 rings (SSSR count). The lowest BCUT2D eigenvalue weighted by Gasteiger charge is -2.38. The van der Waals surface area contributed by atoms with Gasteiger partial charge in [0.05, 0.1) is 19.3 Å². The summed E-state index contributed by atoms with van der Waals surface area (Å²) in [4.78, 5) is 14.5. The number of rotatable bonds is 4. The highest BCUT2D eigenvalue weighted by molar-refractivity contribution is 5.92. The minimum absolute atomic E-state index is 0.130. The molecule has 1 saturated heterocycles. The molecule has 1 atom stereocenters. The smallest absolute Gasteiger partial charge is 0.274 e. The first kappa shape index (κ1) is 16.6. The molecule has 0 aliphatic carbocycles. The summed E-state index contributed by atoms with van der Waals surface area (Å²) in [6.07, 6.45) is 4.68. The van der Waals surface area contributed by atoms with Gasteiger partial charge in [-0.3, -0.25) is 9.48 Å². The summed E-state index contributed by atoms with van der Waals surface area (Å²) in [6, 6.07) is 1.85. The van der Waals surface area contributed by atoms with Crippen LogP contribution in [-0.4, -0.2) is 59.4 Å². The van der Waals surface area contributed by atoms with Crippen molar-refractivity contribution in [2.75, 3.05) is 13.1 Å². The van der Waals surface area contributed by atoms with E-state index < -0.39 is 5.60 Å². The summed E-state index contributed by atoms with van der Waals surface area (Å²) in [5.74, 6) is 0.170. The van der Waals surface area contributed by atoms with Crippen LogP contribution in [0.25, 0.3) is 0 Å². The van der Waals surface area contributed by atoms with Gasteiger partial charge in [0.25, 0.3) is 5.91 Å². The molecule has 1 aliphatic heterocycles. The maximum absolute atomic E-state index is 12.8. The van der Waals surface area contributed by atoms with E-state index in [0.717, 1.165) is 12.1 Å². The quantitative estimate of drug-likeness (QED) is 0.895. The standard InChI is InChI=1S/C16H24N6O2/c1-12(2)14-9-13(18-20(14)3)15(23)21-7-4-5-16(24,10-21)11-22-8-6-17-19-22/h6,8-9,12,24H,4-5,7,10-11H2,1-3H3. The van der Waals surface area contributed by atoms with Gasteiger partial charge in [-0.1, -0.05) is 19.1 Å². The van der Waals surface area contributed by atoms with E-state index in [1.54, 1.807) is 26.7 Å². The molecule has 2 aromatic heterocycles. The molecular weight excluding hydrogens is 308 g/mol. The highest BCUT2D eigenvalue weighted by Crippen LogP contribution is 2.24. The summed E-state index contributed by atoms with van der Waals surface area (Å²) in [6.45, 7) is 5.38. The minimum Gasteiger partial charge on any atom is -0.386 e. The largest absolute Gasteiger partial charge is 0.386 e. The van der Waals surface area contributed by atoms with Gasteiger partial charge in [-0.25, -0.2) is 4.68 Å². The average molecular weight is 332 g/mol. The van der Waals surface area contributed by atoms with E-state index in [0.29, 0.717) is 31.1 Å². The maximum atomic E-state index is 12.8. The summed E-state index contributed by atoms with van der Waals surface area (Å²) in [7, 11) is 1.85. The SMILES string of the molecule is CC(C)c1cc(C(=O)N2CCCC(O)(Cn3ccnn3)C2)nn1C. The second-order valence-corrected chi connectivity index (χ2v) is 6.89. The van der Waals surface area contributed by atoms with E-state index in [1.807, 2.05) is 13.1 Å². The Morgan fingerprint density at radius 3 is 2.88 bits per heavy atom. The molecule has 1 unspecified atom stereocenters. The number of carbonyl (C=O) groups is 1. The van der Waals surface area contributed by atoms with E-state index >= 15 is 0 Å². The van der Waals surface area contributed by atoms with Crippen molar-refractivity contribution in [1.82, 2.24) is 29.7 Å². The van der Waals surface area contributed by atoms with Crippen LogP contribution in [0.15, 0.2) is 18.5 Å². The number of β-amino-alcohol motifs (C(OH)–C–C–N with tert-alkyl or cyclic N) is 1. The average Bonchev–Trinajstić information content (AvgIpc) is 3.15. The van der Waals surface area contributed by atoms with Crippen molar-refractivity contribution in [2.45, 2.75) is 44.8 Å². The molecule has 0 saturated carbocycles. The number of hydrogen-bond acceptors (Lipinski definition) is 5. The Morgan fingerprint density at radius 2 is 2.25 bits per heavy atom. The molecule has 2 aromatic rings. The van der Waals surface area contributed by atoms with Gasteiger partial charge >= 0.3 is 0 Å². The van der Waals surface area contributed by atoms with Gasteiger partial charge in [-0.15, -0.1) is 5.10 Å². The molecule has 1 fully saturated rings. The fraction of sp³-hybridized carbons (Fsp3) is 0.625. The van der Waals surface area contributed by atoms with Crippen molar-refractivity contribution in [3.8, 4) is 0 Å². The van der Waals surface area contributed by atoms with Gasteiger partial charge in [0.15, 0.2) is 5.69 Å². The van der Waals surface area contributed by atoms with Crippen LogP contribution in [0.1, 0.15) is 48.8 Å². The zero-order valence-electron chi connectivity index (χ0n) is 14.4. The summed E-state index contributed by atoms with van der Waals surface area (Å²) < 4.78 is 3.36. The zero-order valence-corrected chi connectivity index (χ0v) is 14.4. The number of carbonyl (C=O) groups excluding carboxylic acids is 1. The van der Waals surface area contributed by atoms with E-state index in [9.17, 15) is 9.90 Å². The molecule has 3 heterocycles. The van der Waals surface area contributed by atoms with Crippen LogP contribution in [0, 0.1) is 0 Å². The minimum atomic E-state index is -0.989. The normalized spacial score (nSPS) is 21.5. The van der Waals surface area contributed by atoms with Crippen molar-refractivity contribution >= 4 is 5.91 Å². The lowest BCUT2D eigenvalue weighted by molar-refractivity contribution is -0.0388. The summed E-state index contributed by atoms with van der Waals surface area (Å²) in [5.41, 5.74) is 0.469. The predicted octanol–water partition coefficient (Wildman–Crippen LogP) is 0.802. The lowest BCUT2D eigenvalue weighted by atomic mass is 9.92. The summed E-state index contributed by atoms with van der Waals surface area (Å²) >= 11 is 0. The Kier molecular flexibility index (Phi) is 4.40. The van der Waals surface area contributed by atoms with Gasteiger partial charge in [-0.2, -0.15) is 5.10 Å². The van der Waals surface area contributed by atoms with Crippen LogP contribution < -0.4 is 0 Å². The van der Waals surface area contributed by atoms with Crippen molar-refractivity contribution in [3.63, 3.8) is 0 Å². The molecule has 0 radical (unpaired) electrons. The molecule has 130 valence electrons. The zero-order chi connectivity index (χ0) is 17.3. The number of piperidine rings is 1. The molecule has 8 heteroatoms. The highest BCUT2D eigenvalue weighted by Gasteiger charge is 2.36. The number of aromatic nitrogens is 5. The van der Waals surface area contributed by atoms with Gasteiger partial charge < -0.3 is 10.0 Å². The van der Waals surface area contributed by atoms with Crippen molar-refractivity contribution in [1.29, 1.82) is 0 Å². The Balaban J connectivity index is 1.74. The number of nitrogens with zero attached hydrogens (tertiary/aromatic N) is 6. The first-order chi connectivity index (χ1) is 11.4. The Bertz CT molecular complexity index is 708. The predicted molar refractivity (Wildman–Crippen MR) is 87.4 cm³/mol.